The van der Waals surface area contributed by atoms with Crippen LogP contribution in [0.25, 0.3) is 16.7 Å². The van der Waals surface area contributed by atoms with Crippen LogP contribution in [-0.2, 0) is 19.5 Å². The third kappa shape index (κ3) is 5.36. The van der Waals surface area contributed by atoms with Gasteiger partial charge in [0.25, 0.3) is 11.4 Å². The Labute approximate surface area is 199 Å². The van der Waals surface area contributed by atoms with E-state index in [-0.39, 0.29) is 27.4 Å². The summed E-state index contributed by atoms with van der Waals surface area (Å²) in [5, 5.41) is 4.05. The van der Waals surface area contributed by atoms with Crippen LogP contribution in [0.4, 0.5) is 0 Å². The first-order valence-corrected chi connectivity index (χ1v) is 11.5. The summed E-state index contributed by atoms with van der Waals surface area (Å²) in [5.74, 6) is 0.813. The maximum atomic E-state index is 12.9. The van der Waals surface area contributed by atoms with Gasteiger partial charge in [0.1, 0.15) is 0 Å². The molecule has 0 aliphatic rings. The molecule has 0 saturated carbocycles. The number of aromatic amines is 1. The predicted molar refractivity (Wildman–Crippen MR) is 128 cm³/mol. The maximum Gasteiger partial charge on any atom is 0.332 e. The van der Waals surface area contributed by atoms with Crippen LogP contribution in [0.5, 0.6) is 0 Å². The number of nitrogens with one attached hydrogen (secondary N) is 1. The van der Waals surface area contributed by atoms with E-state index >= 15 is 0 Å². The highest BCUT2D eigenvalue weighted by atomic mass is 35.5. The van der Waals surface area contributed by atoms with Crippen molar-refractivity contribution >= 4 is 52.6 Å². The molecule has 3 rings (SSSR count). The fourth-order valence-corrected chi connectivity index (χ4v) is 3.81. The lowest BCUT2D eigenvalue weighted by Crippen LogP contribution is -2.40. The smallest absolute Gasteiger partial charge is 0.332 e. The standard InChI is InChI=1S/C20H24Cl2N6O3S/c1-3-5-10-27-16-14(24-19(22)25-16)18(29)28(20(27)30)11-7-6-9-13-23-17(31-26-13)12(8-4-2)15(21)32/h4,32H,2-3,5-11H2,1H3,(H,24,25)/b15-12+. The van der Waals surface area contributed by atoms with Crippen molar-refractivity contribution in [2.45, 2.75) is 58.5 Å². The second-order valence-corrected chi connectivity index (χ2v) is 8.65. The van der Waals surface area contributed by atoms with Gasteiger partial charge in [-0.05, 0) is 37.3 Å². The molecule has 32 heavy (non-hydrogen) atoms. The van der Waals surface area contributed by atoms with Gasteiger partial charge in [-0.3, -0.25) is 13.9 Å². The van der Waals surface area contributed by atoms with E-state index < -0.39 is 5.56 Å². The predicted octanol–water partition coefficient (Wildman–Crippen LogP) is 4.16. The van der Waals surface area contributed by atoms with Crippen molar-refractivity contribution in [3.8, 4) is 0 Å². The number of hydrogen-bond donors (Lipinski definition) is 2. The van der Waals surface area contributed by atoms with Crippen LogP contribution in [0.3, 0.4) is 0 Å². The minimum Gasteiger partial charge on any atom is -0.334 e. The van der Waals surface area contributed by atoms with E-state index in [0.29, 0.717) is 55.2 Å². The molecule has 3 aromatic heterocycles. The summed E-state index contributed by atoms with van der Waals surface area (Å²) in [6.45, 7) is 6.42. The molecule has 0 radical (unpaired) electrons. The minimum absolute atomic E-state index is 0.0820. The average Bonchev–Trinajstić information content (AvgIpc) is 3.37. The van der Waals surface area contributed by atoms with Crippen LogP contribution >= 0.6 is 35.8 Å². The zero-order valence-electron chi connectivity index (χ0n) is 17.6. The highest BCUT2D eigenvalue weighted by Gasteiger charge is 2.17. The van der Waals surface area contributed by atoms with Crippen molar-refractivity contribution in [1.29, 1.82) is 0 Å². The molecule has 172 valence electrons. The maximum absolute atomic E-state index is 12.9. The van der Waals surface area contributed by atoms with E-state index in [1.165, 1.54) is 9.13 Å². The third-order valence-corrected chi connectivity index (χ3v) is 5.60. The lowest BCUT2D eigenvalue weighted by Gasteiger charge is -2.10. The molecule has 0 atom stereocenters. The lowest BCUT2D eigenvalue weighted by molar-refractivity contribution is 0.398. The molecule has 1 N–H and O–H groups in total. The molecule has 0 aliphatic heterocycles. The summed E-state index contributed by atoms with van der Waals surface area (Å²) < 4.78 is 8.26. The minimum atomic E-state index is -0.429. The summed E-state index contributed by atoms with van der Waals surface area (Å²) in [7, 11) is 0. The number of halogens is 2. The topological polar surface area (TPSA) is 112 Å². The van der Waals surface area contributed by atoms with Gasteiger partial charge in [0.15, 0.2) is 17.0 Å². The van der Waals surface area contributed by atoms with E-state index in [0.717, 1.165) is 12.8 Å². The van der Waals surface area contributed by atoms with Crippen LogP contribution in [0.15, 0.2) is 31.1 Å². The highest BCUT2D eigenvalue weighted by Crippen LogP contribution is 2.26. The Morgan fingerprint density at radius 3 is 2.66 bits per heavy atom. The summed E-state index contributed by atoms with van der Waals surface area (Å²) in [4.78, 5) is 37.0. The molecule has 0 spiro atoms. The van der Waals surface area contributed by atoms with Gasteiger partial charge in [-0.2, -0.15) is 9.97 Å². The molecule has 0 amide bonds. The molecule has 3 heterocycles. The number of unbranched alkanes of at least 4 members (excludes halogenated alkanes) is 2. The van der Waals surface area contributed by atoms with Crippen molar-refractivity contribution < 1.29 is 4.52 Å². The Morgan fingerprint density at radius 2 is 1.97 bits per heavy atom. The Hall–Kier alpha value is -2.30. The largest absolute Gasteiger partial charge is 0.334 e. The first-order chi connectivity index (χ1) is 15.4. The Kier molecular flexibility index (Phi) is 8.38. The number of imidazole rings is 1. The van der Waals surface area contributed by atoms with Gasteiger partial charge in [-0.15, -0.1) is 19.2 Å². The second kappa shape index (κ2) is 11.0. The zero-order valence-corrected chi connectivity index (χ0v) is 20.0. The first-order valence-electron chi connectivity index (χ1n) is 10.3. The summed E-state index contributed by atoms with van der Waals surface area (Å²) in [6, 6.07) is 0. The fourth-order valence-electron chi connectivity index (χ4n) is 3.29. The normalized spacial score (nSPS) is 12.4. The highest BCUT2D eigenvalue weighted by molar-refractivity contribution is 7.86. The number of fused-ring (bicyclic) bond motifs is 1. The van der Waals surface area contributed by atoms with Gasteiger partial charge >= 0.3 is 5.69 Å². The monoisotopic (exact) mass is 498 g/mol. The SMILES string of the molecule is C=CC/C(=C(\S)Cl)c1nc(CCCCn2c(=O)c3[nH]c(Cl)nc3n(CCCC)c2=O)no1. The number of nitrogens with zero attached hydrogens (tertiary/aromatic N) is 5. The van der Waals surface area contributed by atoms with Gasteiger partial charge in [0.05, 0.1) is 4.36 Å². The number of H-pyrrole nitrogens is 1. The molecule has 0 aromatic carbocycles. The number of hydrogen-bond acceptors (Lipinski definition) is 7. The van der Waals surface area contributed by atoms with Crippen LogP contribution in [0.2, 0.25) is 5.28 Å². The summed E-state index contributed by atoms with van der Waals surface area (Å²) in [6.07, 6.45) is 5.56. The van der Waals surface area contributed by atoms with Gasteiger partial charge in [-0.1, -0.05) is 36.2 Å². The Balaban J connectivity index is 1.72. The van der Waals surface area contributed by atoms with Gasteiger partial charge in [0.2, 0.25) is 5.28 Å². The quantitative estimate of drug-likeness (QED) is 0.177. The summed E-state index contributed by atoms with van der Waals surface area (Å²) >= 11 is 16.1. The molecule has 3 aromatic rings. The molecular weight excluding hydrogens is 475 g/mol. The van der Waals surface area contributed by atoms with Crippen molar-refractivity contribution in [2.24, 2.45) is 0 Å². The Bertz CT molecular complexity index is 1250. The van der Waals surface area contributed by atoms with Gasteiger partial charge in [0, 0.05) is 25.1 Å². The van der Waals surface area contributed by atoms with Crippen LogP contribution in [0.1, 0.15) is 50.7 Å². The van der Waals surface area contributed by atoms with E-state index in [2.05, 4.69) is 39.3 Å². The molecule has 9 nitrogen and oxygen atoms in total. The molecule has 0 unspecified atom stereocenters. The van der Waals surface area contributed by atoms with Crippen LogP contribution in [0, 0.1) is 0 Å². The van der Waals surface area contributed by atoms with E-state index in [9.17, 15) is 9.59 Å². The van der Waals surface area contributed by atoms with Crippen LogP contribution < -0.4 is 11.2 Å². The second-order valence-electron chi connectivity index (χ2n) is 7.21. The van der Waals surface area contributed by atoms with Crippen molar-refractivity contribution in [3.05, 3.63) is 54.9 Å². The molecule has 0 fully saturated rings. The van der Waals surface area contributed by atoms with Crippen molar-refractivity contribution in [2.75, 3.05) is 0 Å². The number of allylic oxidation sites excluding steroid dienone is 2. The molecule has 0 saturated heterocycles. The molecular formula is C20H24Cl2N6O3S. The lowest BCUT2D eigenvalue weighted by atomic mass is 10.2. The summed E-state index contributed by atoms with van der Waals surface area (Å²) in [5.41, 5.74) is 0.318. The molecule has 0 aliphatic carbocycles. The number of aryl methyl sites for hydroxylation is 2. The number of rotatable bonds is 11. The van der Waals surface area contributed by atoms with Crippen LogP contribution in [-0.4, -0.2) is 29.2 Å². The first kappa shape index (κ1) is 24.3. The zero-order chi connectivity index (χ0) is 23.3. The van der Waals surface area contributed by atoms with Gasteiger partial charge < -0.3 is 9.51 Å². The third-order valence-electron chi connectivity index (χ3n) is 4.92. The van der Waals surface area contributed by atoms with E-state index in [4.69, 9.17) is 27.7 Å². The number of aromatic nitrogens is 6. The van der Waals surface area contributed by atoms with Crippen molar-refractivity contribution in [1.82, 2.24) is 29.2 Å². The van der Waals surface area contributed by atoms with E-state index in [1.54, 1.807) is 6.08 Å². The van der Waals surface area contributed by atoms with Crippen molar-refractivity contribution in [3.63, 3.8) is 0 Å². The fraction of sp³-hybridized carbons (Fsp3) is 0.450. The van der Waals surface area contributed by atoms with Gasteiger partial charge in [-0.25, -0.2) is 4.79 Å². The Morgan fingerprint density at radius 1 is 1.22 bits per heavy atom. The number of thiol groups is 1. The van der Waals surface area contributed by atoms with E-state index in [1.807, 2.05) is 6.92 Å². The molecule has 0 bridgehead atoms. The molecule has 12 heteroatoms. The average molecular weight is 499 g/mol.